The predicted molar refractivity (Wildman–Crippen MR) is 89.2 cm³/mol. The first kappa shape index (κ1) is 15.6. The van der Waals surface area contributed by atoms with E-state index in [2.05, 4.69) is 13.8 Å². The number of carbonyl (C=O) groups excluding carboxylic acids is 1. The van der Waals surface area contributed by atoms with Gasteiger partial charge < -0.3 is 15.4 Å². The molecule has 0 bridgehead atoms. The van der Waals surface area contributed by atoms with Gasteiger partial charge in [0.15, 0.2) is 0 Å². The highest BCUT2D eigenvalue weighted by Gasteiger charge is 2.23. The summed E-state index contributed by atoms with van der Waals surface area (Å²) in [5.41, 5.74) is 6.75. The van der Waals surface area contributed by atoms with Crippen molar-refractivity contribution in [1.29, 1.82) is 0 Å². The molecule has 0 saturated heterocycles. The van der Waals surface area contributed by atoms with E-state index in [1.165, 1.54) is 11.3 Å². The number of ether oxygens (including phenoxy) is 1. The first-order valence-corrected chi connectivity index (χ1v) is 7.95. The maximum Gasteiger partial charge on any atom is 0.266 e. The van der Waals surface area contributed by atoms with Crippen LogP contribution in [0.2, 0.25) is 0 Å². The summed E-state index contributed by atoms with van der Waals surface area (Å²) in [4.78, 5) is 15.2. The molecule has 0 fully saturated rings. The second kappa shape index (κ2) is 6.35. The molecule has 0 radical (unpaired) electrons. The molecule has 2 aromatic rings. The third-order valence-corrected chi connectivity index (χ3v) is 4.54. The van der Waals surface area contributed by atoms with Gasteiger partial charge in [-0.05, 0) is 25.0 Å². The zero-order valence-electron chi connectivity index (χ0n) is 13.0. The number of thiophene rings is 1. The van der Waals surface area contributed by atoms with Gasteiger partial charge in [-0.25, -0.2) is 0 Å². The number of hydrogen-bond acceptors (Lipinski definition) is 4. The van der Waals surface area contributed by atoms with Crippen molar-refractivity contribution in [3.8, 4) is 5.75 Å². The smallest absolute Gasteiger partial charge is 0.266 e. The number of anilines is 1. The predicted octanol–water partition coefficient (Wildman–Crippen LogP) is 3.61. The summed E-state index contributed by atoms with van der Waals surface area (Å²) in [6.07, 6.45) is 0. The van der Waals surface area contributed by atoms with Gasteiger partial charge in [-0.15, -0.1) is 11.3 Å². The summed E-state index contributed by atoms with van der Waals surface area (Å²) in [6, 6.07) is 5.75. The zero-order valence-corrected chi connectivity index (χ0v) is 13.8. The Morgan fingerprint density at radius 2 is 2.14 bits per heavy atom. The maximum atomic E-state index is 12.7. The molecule has 0 atom stereocenters. The van der Waals surface area contributed by atoms with Crippen LogP contribution in [0.4, 0.5) is 5.69 Å². The number of hydrogen-bond donors (Lipinski definition) is 1. The van der Waals surface area contributed by atoms with Crippen LogP contribution in [0.25, 0.3) is 10.1 Å². The molecule has 1 aromatic carbocycles. The molecule has 0 aliphatic heterocycles. The maximum absolute atomic E-state index is 12.7. The average molecular weight is 306 g/mol. The Bertz CT molecular complexity index is 649. The third-order valence-electron chi connectivity index (χ3n) is 3.38. The number of methoxy groups -OCH3 is 1. The summed E-state index contributed by atoms with van der Waals surface area (Å²) < 4.78 is 6.34. The van der Waals surface area contributed by atoms with Gasteiger partial charge in [-0.2, -0.15) is 0 Å². The van der Waals surface area contributed by atoms with Crippen molar-refractivity contribution in [3.63, 3.8) is 0 Å². The number of rotatable bonds is 5. The molecule has 2 N–H and O–H groups in total. The zero-order chi connectivity index (χ0) is 15.6. The molecule has 21 heavy (non-hydrogen) atoms. The lowest BCUT2D eigenvalue weighted by molar-refractivity contribution is 0.0751. The van der Waals surface area contributed by atoms with E-state index >= 15 is 0 Å². The van der Waals surface area contributed by atoms with Gasteiger partial charge in [-0.1, -0.05) is 19.9 Å². The monoisotopic (exact) mass is 306 g/mol. The van der Waals surface area contributed by atoms with Crippen molar-refractivity contribution in [2.24, 2.45) is 5.92 Å². The minimum atomic E-state index is 0.00644. The molecule has 0 aliphatic rings. The molecule has 0 aliphatic carbocycles. The molecule has 4 nitrogen and oxygen atoms in total. The Kier molecular flexibility index (Phi) is 4.73. The van der Waals surface area contributed by atoms with Crippen LogP contribution >= 0.6 is 11.3 Å². The van der Waals surface area contributed by atoms with Gasteiger partial charge in [0.25, 0.3) is 5.91 Å². The van der Waals surface area contributed by atoms with Gasteiger partial charge in [0.2, 0.25) is 0 Å². The lowest BCUT2D eigenvalue weighted by Crippen LogP contribution is -2.33. The van der Waals surface area contributed by atoms with E-state index < -0.39 is 0 Å². The van der Waals surface area contributed by atoms with Gasteiger partial charge in [0, 0.05) is 17.8 Å². The van der Waals surface area contributed by atoms with Gasteiger partial charge in [0.05, 0.1) is 18.2 Å². The second-order valence-electron chi connectivity index (χ2n) is 5.42. The standard InChI is InChI=1S/C16H22N2O2S/c1-5-18(9-10(2)3)16(19)15-14(17)13-11(20-4)7-6-8-12(13)21-15/h6-8,10H,5,9,17H2,1-4H3. The Morgan fingerprint density at radius 3 is 2.71 bits per heavy atom. The fraction of sp³-hybridized carbons (Fsp3) is 0.438. The Morgan fingerprint density at radius 1 is 1.43 bits per heavy atom. The average Bonchev–Trinajstić information content (AvgIpc) is 2.81. The summed E-state index contributed by atoms with van der Waals surface area (Å²) >= 11 is 1.44. The number of fused-ring (bicyclic) bond motifs is 1. The lowest BCUT2D eigenvalue weighted by Gasteiger charge is -2.22. The number of nitrogen functional groups attached to an aromatic ring is 1. The van der Waals surface area contributed by atoms with Crippen molar-refractivity contribution in [3.05, 3.63) is 23.1 Å². The molecule has 0 spiro atoms. The van der Waals surface area contributed by atoms with Crippen molar-refractivity contribution in [2.45, 2.75) is 20.8 Å². The number of amides is 1. The van der Waals surface area contributed by atoms with Crippen molar-refractivity contribution >= 4 is 33.0 Å². The van der Waals surface area contributed by atoms with E-state index in [1.807, 2.05) is 30.0 Å². The van der Waals surface area contributed by atoms with E-state index in [4.69, 9.17) is 10.5 Å². The quantitative estimate of drug-likeness (QED) is 0.918. The lowest BCUT2D eigenvalue weighted by atomic mass is 10.1. The van der Waals surface area contributed by atoms with Gasteiger partial charge in [-0.3, -0.25) is 4.79 Å². The first-order valence-electron chi connectivity index (χ1n) is 7.13. The summed E-state index contributed by atoms with van der Waals surface area (Å²) in [5, 5.41) is 0.842. The molecular weight excluding hydrogens is 284 g/mol. The molecule has 0 saturated carbocycles. The first-order chi connectivity index (χ1) is 9.99. The Labute approximate surface area is 129 Å². The van der Waals surface area contributed by atoms with Crippen LogP contribution in [0.5, 0.6) is 5.75 Å². The van der Waals surface area contributed by atoms with Gasteiger partial charge in [0.1, 0.15) is 10.6 Å². The number of nitrogens with two attached hydrogens (primary N) is 1. The Hall–Kier alpha value is -1.75. The van der Waals surface area contributed by atoms with E-state index in [1.54, 1.807) is 7.11 Å². The topological polar surface area (TPSA) is 55.6 Å². The molecule has 1 heterocycles. The van der Waals surface area contributed by atoms with Crippen LogP contribution in [0.3, 0.4) is 0 Å². The third kappa shape index (κ3) is 2.97. The van der Waals surface area contributed by atoms with Crippen LogP contribution < -0.4 is 10.5 Å². The van der Waals surface area contributed by atoms with Crippen molar-refractivity contribution in [1.82, 2.24) is 4.90 Å². The molecule has 0 unspecified atom stereocenters. The molecule has 2 rings (SSSR count). The van der Waals surface area contributed by atoms with E-state index in [0.717, 1.165) is 16.6 Å². The molecule has 114 valence electrons. The van der Waals surface area contributed by atoms with Crippen LogP contribution in [0, 0.1) is 5.92 Å². The SMILES string of the molecule is CCN(CC(C)C)C(=O)c1sc2cccc(OC)c2c1N. The highest BCUT2D eigenvalue weighted by molar-refractivity contribution is 7.21. The van der Waals surface area contributed by atoms with Crippen molar-refractivity contribution < 1.29 is 9.53 Å². The highest BCUT2D eigenvalue weighted by Crippen LogP contribution is 2.39. The van der Waals surface area contributed by atoms with E-state index in [-0.39, 0.29) is 5.91 Å². The summed E-state index contributed by atoms with van der Waals surface area (Å²) in [6.45, 7) is 7.62. The summed E-state index contributed by atoms with van der Waals surface area (Å²) in [7, 11) is 1.62. The van der Waals surface area contributed by atoms with E-state index in [9.17, 15) is 4.79 Å². The normalized spacial score (nSPS) is 11.1. The van der Waals surface area contributed by atoms with Gasteiger partial charge >= 0.3 is 0 Å². The van der Waals surface area contributed by atoms with Crippen molar-refractivity contribution in [2.75, 3.05) is 25.9 Å². The van der Waals surface area contributed by atoms with Crippen LogP contribution in [0.15, 0.2) is 18.2 Å². The summed E-state index contributed by atoms with van der Waals surface area (Å²) in [5.74, 6) is 1.15. The molecule has 1 amide bonds. The minimum Gasteiger partial charge on any atom is -0.496 e. The fourth-order valence-electron chi connectivity index (χ4n) is 2.41. The second-order valence-corrected chi connectivity index (χ2v) is 6.47. The minimum absolute atomic E-state index is 0.00644. The molecule has 1 aromatic heterocycles. The number of carbonyl (C=O) groups is 1. The molecular formula is C16H22N2O2S. The largest absolute Gasteiger partial charge is 0.496 e. The molecule has 5 heteroatoms. The van der Waals surface area contributed by atoms with Crippen LogP contribution in [-0.2, 0) is 0 Å². The van der Waals surface area contributed by atoms with E-state index in [0.29, 0.717) is 28.8 Å². The number of benzene rings is 1. The fourth-order valence-corrected chi connectivity index (χ4v) is 3.52. The van der Waals surface area contributed by atoms with Crippen LogP contribution in [-0.4, -0.2) is 31.0 Å². The van der Waals surface area contributed by atoms with Crippen LogP contribution in [0.1, 0.15) is 30.4 Å². The highest BCUT2D eigenvalue weighted by atomic mass is 32.1. The number of nitrogens with zero attached hydrogens (tertiary/aromatic N) is 1. The Balaban J connectivity index is 2.47.